The molecule has 3 N–H and O–H groups in total. The molecule has 0 spiro atoms. The standard InChI is InChI=1S/C12H22N2O5/c1-8(5-11(16)17)4-10(15)14-12(18)13-6-9(2)7-19-3/h8-9H,4-7H2,1-3H3,(H,16,17)(H2,13,14,15,18). The largest absolute Gasteiger partial charge is 0.481 e. The van der Waals surface area contributed by atoms with Crippen LogP contribution in [0.3, 0.4) is 0 Å². The Labute approximate surface area is 112 Å². The van der Waals surface area contributed by atoms with Gasteiger partial charge in [-0.05, 0) is 11.8 Å². The molecule has 0 bridgehead atoms. The third kappa shape index (κ3) is 10.0. The molecule has 2 atom stereocenters. The third-order valence-electron chi connectivity index (χ3n) is 2.37. The van der Waals surface area contributed by atoms with Gasteiger partial charge >= 0.3 is 12.0 Å². The number of ether oxygens (including phenoxy) is 1. The van der Waals surface area contributed by atoms with Gasteiger partial charge in [-0.3, -0.25) is 14.9 Å². The molecule has 7 heteroatoms. The van der Waals surface area contributed by atoms with Gasteiger partial charge in [-0.1, -0.05) is 13.8 Å². The second kappa shape index (κ2) is 9.32. The molecule has 0 saturated carbocycles. The van der Waals surface area contributed by atoms with Crippen molar-refractivity contribution < 1.29 is 24.2 Å². The van der Waals surface area contributed by atoms with E-state index in [0.29, 0.717) is 13.2 Å². The Morgan fingerprint density at radius 1 is 1.16 bits per heavy atom. The van der Waals surface area contributed by atoms with Gasteiger partial charge in [0.15, 0.2) is 0 Å². The molecule has 0 aliphatic carbocycles. The van der Waals surface area contributed by atoms with Crippen molar-refractivity contribution in [2.45, 2.75) is 26.7 Å². The predicted octanol–water partition coefficient (Wildman–Crippen LogP) is 0.596. The Hall–Kier alpha value is -1.63. The lowest BCUT2D eigenvalue weighted by Crippen LogP contribution is -2.42. The zero-order chi connectivity index (χ0) is 14.8. The van der Waals surface area contributed by atoms with Crippen LogP contribution in [0.2, 0.25) is 0 Å². The molecule has 0 radical (unpaired) electrons. The van der Waals surface area contributed by atoms with Gasteiger partial charge in [-0.15, -0.1) is 0 Å². The van der Waals surface area contributed by atoms with E-state index < -0.39 is 17.9 Å². The zero-order valence-electron chi connectivity index (χ0n) is 11.6. The highest BCUT2D eigenvalue weighted by Crippen LogP contribution is 2.06. The van der Waals surface area contributed by atoms with E-state index in [-0.39, 0.29) is 24.7 Å². The van der Waals surface area contributed by atoms with Crippen molar-refractivity contribution in [2.75, 3.05) is 20.3 Å². The van der Waals surface area contributed by atoms with E-state index in [1.54, 1.807) is 14.0 Å². The van der Waals surface area contributed by atoms with Gasteiger partial charge in [0, 0.05) is 26.5 Å². The minimum Gasteiger partial charge on any atom is -0.481 e. The van der Waals surface area contributed by atoms with Crippen LogP contribution in [-0.2, 0) is 14.3 Å². The van der Waals surface area contributed by atoms with Crippen LogP contribution < -0.4 is 10.6 Å². The van der Waals surface area contributed by atoms with Gasteiger partial charge in [0.05, 0.1) is 6.61 Å². The van der Waals surface area contributed by atoms with Crippen molar-refractivity contribution in [3.8, 4) is 0 Å². The summed E-state index contributed by atoms with van der Waals surface area (Å²) in [5, 5.41) is 13.3. The number of amides is 3. The first kappa shape index (κ1) is 17.4. The SMILES string of the molecule is COCC(C)CNC(=O)NC(=O)CC(C)CC(=O)O. The number of rotatable bonds is 8. The highest BCUT2D eigenvalue weighted by molar-refractivity contribution is 5.94. The molecule has 0 aromatic heterocycles. The Bertz CT molecular complexity index is 319. The van der Waals surface area contributed by atoms with Crippen molar-refractivity contribution >= 4 is 17.9 Å². The van der Waals surface area contributed by atoms with Crippen LogP contribution in [-0.4, -0.2) is 43.3 Å². The number of methoxy groups -OCH3 is 1. The first-order valence-corrected chi connectivity index (χ1v) is 6.13. The van der Waals surface area contributed by atoms with Crippen LogP contribution in [0.5, 0.6) is 0 Å². The van der Waals surface area contributed by atoms with Gasteiger partial charge in [-0.2, -0.15) is 0 Å². The molecule has 3 amide bonds. The lowest BCUT2D eigenvalue weighted by molar-refractivity contribution is -0.138. The minimum absolute atomic E-state index is 0.00729. The second-order valence-corrected chi connectivity index (χ2v) is 4.73. The predicted molar refractivity (Wildman–Crippen MR) is 68.6 cm³/mol. The number of carbonyl (C=O) groups excluding carboxylic acids is 2. The van der Waals surface area contributed by atoms with Gasteiger partial charge in [0.2, 0.25) is 5.91 Å². The van der Waals surface area contributed by atoms with Crippen molar-refractivity contribution in [2.24, 2.45) is 11.8 Å². The van der Waals surface area contributed by atoms with Crippen molar-refractivity contribution in [3.63, 3.8) is 0 Å². The van der Waals surface area contributed by atoms with E-state index in [9.17, 15) is 14.4 Å². The molecule has 0 aliphatic heterocycles. The number of hydrogen-bond donors (Lipinski definition) is 3. The maximum Gasteiger partial charge on any atom is 0.321 e. The number of nitrogens with one attached hydrogen (secondary N) is 2. The van der Waals surface area contributed by atoms with Gasteiger partial charge in [-0.25, -0.2) is 4.79 Å². The molecule has 0 aromatic carbocycles. The number of carboxylic acids is 1. The van der Waals surface area contributed by atoms with Gasteiger partial charge < -0.3 is 15.2 Å². The van der Waals surface area contributed by atoms with Crippen molar-refractivity contribution in [1.29, 1.82) is 0 Å². The number of carboxylic acid groups (broad SMARTS) is 1. The maximum atomic E-state index is 11.4. The molecule has 0 saturated heterocycles. The average Bonchev–Trinajstić information content (AvgIpc) is 2.25. The molecule has 7 nitrogen and oxygen atoms in total. The van der Waals surface area contributed by atoms with Crippen LogP contribution in [0, 0.1) is 11.8 Å². The van der Waals surface area contributed by atoms with E-state index in [4.69, 9.17) is 9.84 Å². The van der Waals surface area contributed by atoms with Crippen LogP contribution >= 0.6 is 0 Å². The smallest absolute Gasteiger partial charge is 0.321 e. The van der Waals surface area contributed by atoms with E-state index >= 15 is 0 Å². The molecule has 0 fully saturated rings. The quantitative estimate of drug-likeness (QED) is 0.601. The van der Waals surface area contributed by atoms with Crippen LogP contribution in [0.15, 0.2) is 0 Å². The van der Waals surface area contributed by atoms with Crippen LogP contribution in [0.1, 0.15) is 26.7 Å². The molecule has 0 rings (SSSR count). The van der Waals surface area contributed by atoms with Gasteiger partial charge in [0.1, 0.15) is 0 Å². The van der Waals surface area contributed by atoms with E-state index in [2.05, 4.69) is 10.6 Å². The Morgan fingerprint density at radius 2 is 1.79 bits per heavy atom. The lowest BCUT2D eigenvalue weighted by atomic mass is 10.0. The second-order valence-electron chi connectivity index (χ2n) is 4.73. The Kier molecular flexibility index (Phi) is 8.52. The number of imide groups is 1. The molecule has 2 unspecified atom stereocenters. The highest BCUT2D eigenvalue weighted by Gasteiger charge is 2.14. The molecule has 0 aromatic rings. The summed E-state index contributed by atoms with van der Waals surface area (Å²) in [6, 6.07) is -0.574. The summed E-state index contributed by atoms with van der Waals surface area (Å²) in [7, 11) is 1.57. The molecule has 0 heterocycles. The normalized spacial score (nSPS) is 13.4. The molecular formula is C12H22N2O5. The van der Waals surface area contributed by atoms with E-state index in [1.807, 2.05) is 6.92 Å². The topological polar surface area (TPSA) is 105 Å². The minimum atomic E-state index is -0.960. The van der Waals surface area contributed by atoms with E-state index in [0.717, 1.165) is 0 Å². The lowest BCUT2D eigenvalue weighted by Gasteiger charge is -2.12. The summed E-state index contributed by atoms with van der Waals surface area (Å²) >= 11 is 0. The molecule has 0 aliphatic rings. The summed E-state index contributed by atoms with van der Waals surface area (Å²) in [6.45, 7) is 4.47. The number of carbonyl (C=O) groups is 3. The van der Waals surface area contributed by atoms with Crippen molar-refractivity contribution in [1.82, 2.24) is 10.6 Å². The fourth-order valence-electron chi connectivity index (χ4n) is 1.52. The zero-order valence-corrected chi connectivity index (χ0v) is 11.6. The van der Waals surface area contributed by atoms with E-state index in [1.165, 1.54) is 0 Å². The highest BCUT2D eigenvalue weighted by atomic mass is 16.5. The van der Waals surface area contributed by atoms with Gasteiger partial charge in [0.25, 0.3) is 0 Å². The summed E-state index contributed by atoms with van der Waals surface area (Å²) < 4.78 is 4.91. The Morgan fingerprint density at radius 3 is 2.32 bits per heavy atom. The molecule has 19 heavy (non-hydrogen) atoms. The number of aliphatic carboxylic acids is 1. The van der Waals surface area contributed by atoms with Crippen LogP contribution in [0.25, 0.3) is 0 Å². The number of urea groups is 1. The average molecular weight is 274 g/mol. The summed E-state index contributed by atoms with van der Waals surface area (Å²) in [6.07, 6.45) is -0.0900. The van der Waals surface area contributed by atoms with Crippen molar-refractivity contribution in [3.05, 3.63) is 0 Å². The first-order valence-electron chi connectivity index (χ1n) is 6.13. The summed E-state index contributed by atoms with van der Waals surface area (Å²) in [5.41, 5.74) is 0. The fraction of sp³-hybridized carbons (Fsp3) is 0.750. The fourth-order valence-corrected chi connectivity index (χ4v) is 1.52. The monoisotopic (exact) mass is 274 g/mol. The number of hydrogen-bond acceptors (Lipinski definition) is 4. The summed E-state index contributed by atoms with van der Waals surface area (Å²) in [4.78, 5) is 33.2. The Balaban J connectivity index is 3.86. The van der Waals surface area contributed by atoms with Crippen LogP contribution in [0.4, 0.5) is 4.79 Å². The molecular weight excluding hydrogens is 252 g/mol. The maximum absolute atomic E-state index is 11.4. The first-order chi connectivity index (χ1) is 8.85. The third-order valence-corrected chi connectivity index (χ3v) is 2.37. The summed E-state index contributed by atoms with van der Waals surface area (Å²) in [5.74, 6) is -1.60. The molecule has 110 valence electrons.